The van der Waals surface area contributed by atoms with Crippen molar-refractivity contribution < 1.29 is 55.4 Å². The van der Waals surface area contributed by atoms with Crippen LogP contribution in [0.5, 0.6) is 0 Å². The molecule has 0 aliphatic rings. The van der Waals surface area contributed by atoms with Crippen LogP contribution in [-0.2, 0) is 55.4 Å². The fourth-order valence-corrected chi connectivity index (χ4v) is 0. The summed E-state index contributed by atoms with van der Waals surface area (Å²) in [5, 5.41) is 0. The molecule has 2 nitrogen and oxygen atoms in total. The Labute approximate surface area is 55.2 Å². The first-order valence-corrected chi connectivity index (χ1v) is 0. The maximum atomic E-state index is 0. The maximum absolute atomic E-state index is 0. The third-order valence-electron chi connectivity index (χ3n) is 0. The molecule has 0 N–H and O–H groups in total. The molecule has 0 rings (SSSR count). The van der Waals surface area contributed by atoms with Gasteiger partial charge in [-0.3, -0.25) is 0 Å². The zero-order valence-corrected chi connectivity index (χ0v) is 5.04. The first-order chi connectivity index (χ1) is 0. The van der Waals surface area contributed by atoms with E-state index in [1.54, 1.807) is 0 Å². The van der Waals surface area contributed by atoms with E-state index < -0.39 is 0 Å². The molecule has 1 radical (unpaired) electrons. The van der Waals surface area contributed by atoms with Gasteiger partial charge in [-0.15, -0.1) is 0 Å². The molecule has 0 atom stereocenters. The van der Waals surface area contributed by atoms with Crippen LogP contribution in [0.25, 0.3) is 0 Å². The molecular formula is O2ScV-. The molecular weight excluding hydrogens is 128 g/mol. The van der Waals surface area contributed by atoms with Crippen molar-refractivity contribution in [2.45, 2.75) is 0 Å². The van der Waals surface area contributed by atoms with Gasteiger partial charge in [-0.25, -0.2) is 0 Å². The average molecular weight is 128 g/mol. The second-order valence-corrected chi connectivity index (χ2v) is 0. The van der Waals surface area contributed by atoms with Gasteiger partial charge in [-0.1, -0.05) is 0 Å². The molecule has 0 aromatic heterocycles. The van der Waals surface area contributed by atoms with Gasteiger partial charge in [0.25, 0.3) is 0 Å². The minimum Gasteiger partial charge on any atom is -2.00 e. The molecule has 0 unspecified atom stereocenters. The molecule has 0 amide bonds. The van der Waals surface area contributed by atoms with Crippen molar-refractivity contribution in [2.24, 2.45) is 0 Å². The Kier molecular flexibility index (Phi) is 359. The van der Waals surface area contributed by atoms with Gasteiger partial charge in [-0.2, -0.15) is 0 Å². The predicted octanol–water partition coefficient (Wildman–Crippen LogP) is -0.243. The van der Waals surface area contributed by atoms with Crippen LogP contribution in [0.1, 0.15) is 0 Å². The van der Waals surface area contributed by atoms with E-state index in [4.69, 9.17) is 0 Å². The minimum absolute atomic E-state index is 0. The van der Waals surface area contributed by atoms with E-state index in [-0.39, 0.29) is 55.4 Å². The van der Waals surface area contributed by atoms with E-state index in [0.29, 0.717) is 0 Å². The zero-order chi connectivity index (χ0) is 0. The van der Waals surface area contributed by atoms with E-state index in [9.17, 15) is 0 Å². The summed E-state index contributed by atoms with van der Waals surface area (Å²) in [6.45, 7) is 0. The van der Waals surface area contributed by atoms with Gasteiger partial charge in [0.05, 0.1) is 0 Å². The van der Waals surface area contributed by atoms with Crippen LogP contribution in [0.2, 0.25) is 0 Å². The smallest absolute Gasteiger partial charge is 2.00 e. The van der Waals surface area contributed by atoms with Crippen LogP contribution in [0.4, 0.5) is 0 Å². The number of rotatable bonds is 0. The van der Waals surface area contributed by atoms with Gasteiger partial charge >= 0.3 is 25.8 Å². The topological polar surface area (TPSA) is 57.0 Å². The maximum Gasteiger partial charge on any atom is 3.00 e. The van der Waals surface area contributed by atoms with Crippen molar-refractivity contribution in [2.75, 3.05) is 0 Å². The zero-order valence-electron chi connectivity index (χ0n) is 1.84. The Bertz CT molecular complexity index is 6.00. The summed E-state index contributed by atoms with van der Waals surface area (Å²) in [5.41, 5.74) is 0. The second kappa shape index (κ2) is 26.4. The van der Waals surface area contributed by atoms with Gasteiger partial charge < -0.3 is 11.0 Å². The van der Waals surface area contributed by atoms with Crippen molar-refractivity contribution >= 4 is 0 Å². The third kappa shape index (κ3) is 10.1. The quantitative estimate of drug-likeness (QED) is 0.432. The average Bonchev–Trinajstić information content (AvgIpc) is 0. The van der Waals surface area contributed by atoms with Gasteiger partial charge in [0.15, 0.2) is 0 Å². The van der Waals surface area contributed by atoms with E-state index in [1.165, 1.54) is 0 Å². The molecule has 21 valence electrons. The first-order valence-electron chi connectivity index (χ1n) is 0. The van der Waals surface area contributed by atoms with Crippen LogP contribution in [0.15, 0.2) is 0 Å². The summed E-state index contributed by atoms with van der Waals surface area (Å²) >= 11 is 0. The summed E-state index contributed by atoms with van der Waals surface area (Å²) in [5.74, 6) is 0. The standard InChI is InChI=1S/2O.Sc.V/q2*-2;+3;. The molecule has 0 spiro atoms. The fourth-order valence-electron chi connectivity index (χ4n) is 0. The van der Waals surface area contributed by atoms with Crippen molar-refractivity contribution in [3.8, 4) is 0 Å². The Hall–Kier alpha value is 1.37. The molecule has 0 aliphatic carbocycles. The van der Waals surface area contributed by atoms with Crippen LogP contribution in [0, 0.1) is 0 Å². The molecule has 0 fully saturated rings. The Balaban J connectivity index is 0. The van der Waals surface area contributed by atoms with Crippen molar-refractivity contribution in [3.63, 3.8) is 0 Å². The summed E-state index contributed by atoms with van der Waals surface area (Å²) in [6, 6.07) is 0. The van der Waals surface area contributed by atoms with Crippen LogP contribution < -0.4 is 0 Å². The molecule has 0 aliphatic heterocycles. The van der Waals surface area contributed by atoms with E-state index >= 15 is 0 Å². The molecule has 0 aromatic rings. The molecule has 4 heavy (non-hydrogen) atoms. The summed E-state index contributed by atoms with van der Waals surface area (Å²) in [6.07, 6.45) is 0. The minimum atomic E-state index is 0. The van der Waals surface area contributed by atoms with Crippen LogP contribution >= 0.6 is 0 Å². The SMILES string of the molecule is [O-2].[O-2].[Sc+3].[V]. The van der Waals surface area contributed by atoms with Crippen molar-refractivity contribution in [1.29, 1.82) is 0 Å². The molecule has 0 saturated heterocycles. The van der Waals surface area contributed by atoms with E-state index in [0.717, 1.165) is 0 Å². The van der Waals surface area contributed by atoms with Gasteiger partial charge in [-0.05, 0) is 0 Å². The van der Waals surface area contributed by atoms with Crippen LogP contribution in [-0.4, -0.2) is 0 Å². The summed E-state index contributed by atoms with van der Waals surface area (Å²) < 4.78 is 0. The van der Waals surface area contributed by atoms with E-state index in [2.05, 4.69) is 0 Å². The van der Waals surface area contributed by atoms with Gasteiger partial charge in [0.2, 0.25) is 0 Å². The van der Waals surface area contributed by atoms with Crippen molar-refractivity contribution in [3.05, 3.63) is 0 Å². The molecule has 0 bridgehead atoms. The molecule has 4 heteroatoms. The normalized spacial score (nSPS) is 0. The number of hydrogen-bond acceptors (Lipinski definition) is 0. The fraction of sp³-hybridized carbons (Fsp3) is 0. The first kappa shape index (κ1) is 54.4. The second-order valence-electron chi connectivity index (χ2n) is 0. The van der Waals surface area contributed by atoms with E-state index in [1.807, 2.05) is 0 Å². The predicted molar refractivity (Wildman–Crippen MR) is 1.37 cm³/mol. The monoisotopic (exact) mass is 128 g/mol. The summed E-state index contributed by atoms with van der Waals surface area (Å²) in [4.78, 5) is 0. The number of hydrogen-bond donors (Lipinski definition) is 0. The third-order valence-corrected chi connectivity index (χ3v) is 0. The molecule has 0 saturated carbocycles. The largest absolute Gasteiger partial charge is 3.00 e. The summed E-state index contributed by atoms with van der Waals surface area (Å²) in [7, 11) is 0. The molecule has 0 heterocycles. The van der Waals surface area contributed by atoms with Gasteiger partial charge in [0, 0.05) is 18.6 Å². The Morgan fingerprint density at radius 1 is 0.750 bits per heavy atom. The van der Waals surface area contributed by atoms with Crippen LogP contribution in [0.3, 0.4) is 0 Å². The Morgan fingerprint density at radius 2 is 0.750 bits per heavy atom. The molecule has 0 aromatic carbocycles. The van der Waals surface area contributed by atoms with Gasteiger partial charge in [0.1, 0.15) is 0 Å². The Morgan fingerprint density at radius 3 is 0.750 bits per heavy atom. The van der Waals surface area contributed by atoms with Crippen molar-refractivity contribution in [1.82, 2.24) is 0 Å².